The molecular formula is C38H40N4O4S. The minimum Gasteiger partial charge on any atom is -0.392 e. The molecule has 4 aromatic carbocycles. The zero-order valence-electron chi connectivity index (χ0n) is 26.6. The van der Waals surface area contributed by atoms with Crippen LogP contribution in [0.1, 0.15) is 47.1 Å². The standard InChI is InChI=1S/C38H40N4O4S/c1-26-34(25-47-38-39-18-19-42(38)2)45-36(46-35(26)30-16-14-28(24-43)15-17-30)33-13-7-12-32(21-33)31-11-6-10-29(20-31)23-41-37(44)40-22-27-8-4-3-5-9-27/h3-21,26,34-36,43H,22-25H2,1-2H3,(H2,40,41,44)/t26-,34+,35+,36+/m1/s1. The number of nitrogens with one attached hydrogen (secondary N) is 2. The Morgan fingerprint density at radius 2 is 1.53 bits per heavy atom. The number of thioether (sulfide) groups is 1. The summed E-state index contributed by atoms with van der Waals surface area (Å²) in [5.74, 6) is 0.807. The highest BCUT2D eigenvalue weighted by molar-refractivity contribution is 7.99. The summed E-state index contributed by atoms with van der Waals surface area (Å²) < 4.78 is 15.4. The molecule has 2 heterocycles. The first-order valence-electron chi connectivity index (χ1n) is 15.8. The largest absolute Gasteiger partial charge is 0.392 e. The van der Waals surface area contributed by atoms with Crippen LogP contribution in [0.15, 0.2) is 121 Å². The van der Waals surface area contributed by atoms with Gasteiger partial charge in [-0.05, 0) is 45.5 Å². The summed E-state index contributed by atoms with van der Waals surface area (Å²) in [6.07, 6.45) is 2.90. The maximum atomic E-state index is 12.4. The normalized spacial score (nSPS) is 19.3. The monoisotopic (exact) mass is 648 g/mol. The van der Waals surface area contributed by atoms with Crippen molar-refractivity contribution in [2.75, 3.05) is 5.75 Å². The molecule has 0 spiro atoms. The number of carbonyl (C=O) groups excluding carboxylic acids is 1. The van der Waals surface area contributed by atoms with E-state index in [9.17, 15) is 9.90 Å². The molecule has 3 N–H and O–H groups in total. The van der Waals surface area contributed by atoms with E-state index in [0.717, 1.165) is 49.9 Å². The summed E-state index contributed by atoms with van der Waals surface area (Å²) in [6.45, 7) is 3.05. The fourth-order valence-electron chi connectivity index (χ4n) is 5.71. The Labute approximate surface area is 280 Å². The highest BCUT2D eigenvalue weighted by Crippen LogP contribution is 2.43. The molecule has 0 aliphatic carbocycles. The van der Waals surface area contributed by atoms with E-state index in [-0.39, 0.29) is 30.8 Å². The topological polar surface area (TPSA) is 97.6 Å². The molecule has 2 amide bonds. The van der Waals surface area contributed by atoms with Gasteiger partial charge in [-0.2, -0.15) is 0 Å². The molecule has 1 fully saturated rings. The average Bonchev–Trinajstić information content (AvgIpc) is 3.54. The molecule has 242 valence electrons. The van der Waals surface area contributed by atoms with Crippen LogP contribution in [0.4, 0.5) is 4.79 Å². The number of benzene rings is 4. The van der Waals surface area contributed by atoms with Crippen LogP contribution < -0.4 is 10.6 Å². The van der Waals surface area contributed by atoms with Crippen LogP contribution in [0.5, 0.6) is 0 Å². The van der Waals surface area contributed by atoms with Crippen molar-refractivity contribution in [1.82, 2.24) is 20.2 Å². The van der Waals surface area contributed by atoms with Crippen molar-refractivity contribution in [3.05, 3.63) is 143 Å². The third kappa shape index (κ3) is 8.31. The number of nitrogens with zero attached hydrogens (tertiary/aromatic N) is 2. The zero-order valence-corrected chi connectivity index (χ0v) is 27.4. The number of amides is 2. The number of rotatable bonds is 11. The summed E-state index contributed by atoms with van der Waals surface area (Å²) >= 11 is 1.68. The molecule has 9 heteroatoms. The Kier molecular flexibility index (Phi) is 10.7. The number of aliphatic hydroxyl groups excluding tert-OH is 1. The van der Waals surface area contributed by atoms with Crippen LogP contribution >= 0.6 is 11.8 Å². The second-order valence-corrected chi connectivity index (χ2v) is 12.8. The Balaban J connectivity index is 1.17. The van der Waals surface area contributed by atoms with Gasteiger partial charge in [-0.3, -0.25) is 0 Å². The molecule has 8 nitrogen and oxygen atoms in total. The summed E-state index contributed by atoms with van der Waals surface area (Å²) in [5, 5.41) is 16.4. The Morgan fingerprint density at radius 3 is 2.26 bits per heavy atom. The Morgan fingerprint density at radius 1 is 0.830 bits per heavy atom. The predicted octanol–water partition coefficient (Wildman–Crippen LogP) is 7.16. The highest BCUT2D eigenvalue weighted by atomic mass is 32.2. The quantitative estimate of drug-likeness (QED) is 0.132. The lowest BCUT2D eigenvalue weighted by Gasteiger charge is -2.41. The van der Waals surface area contributed by atoms with Gasteiger partial charge in [0.25, 0.3) is 0 Å². The first-order valence-corrected chi connectivity index (χ1v) is 16.8. The minimum absolute atomic E-state index is 0.00152. The number of urea groups is 1. The van der Waals surface area contributed by atoms with E-state index < -0.39 is 6.29 Å². The number of aromatic nitrogens is 2. The van der Waals surface area contributed by atoms with E-state index in [2.05, 4.69) is 46.8 Å². The molecule has 1 saturated heterocycles. The molecule has 0 radical (unpaired) electrons. The van der Waals surface area contributed by atoms with Crippen molar-refractivity contribution < 1.29 is 19.4 Å². The van der Waals surface area contributed by atoms with Crippen LogP contribution in [0.25, 0.3) is 11.1 Å². The van der Waals surface area contributed by atoms with E-state index in [0.29, 0.717) is 13.1 Å². The van der Waals surface area contributed by atoms with Gasteiger partial charge < -0.3 is 29.8 Å². The van der Waals surface area contributed by atoms with E-state index in [1.165, 1.54) is 0 Å². The number of carbonyl (C=O) groups is 1. The van der Waals surface area contributed by atoms with Crippen LogP contribution in [0.3, 0.4) is 0 Å². The fraction of sp³-hybridized carbons (Fsp3) is 0.263. The molecule has 0 saturated carbocycles. The smallest absolute Gasteiger partial charge is 0.315 e. The van der Waals surface area contributed by atoms with Crippen molar-refractivity contribution in [3.8, 4) is 11.1 Å². The van der Waals surface area contributed by atoms with Crippen LogP contribution in [-0.4, -0.2) is 32.5 Å². The molecule has 0 unspecified atom stereocenters. The van der Waals surface area contributed by atoms with Crippen molar-refractivity contribution >= 4 is 17.8 Å². The van der Waals surface area contributed by atoms with Gasteiger partial charge in [0.2, 0.25) is 0 Å². The maximum Gasteiger partial charge on any atom is 0.315 e. The highest BCUT2D eigenvalue weighted by Gasteiger charge is 2.38. The van der Waals surface area contributed by atoms with Gasteiger partial charge in [0.1, 0.15) is 0 Å². The van der Waals surface area contributed by atoms with Crippen molar-refractivity contribution in [2.45, 2.75) is 50.3 Å². The molecule has 47 heavy (non-hydrogen) atoms. The van der Waals surface area contributed by atoms with Gasteiger partial charge >= 0.3 is 6.03 Å². The summed E-state index contributed by atoms with van der Waals surface area (Å²) in [5.41, 5.74) is 6.98. The number of hydrogen-bond donors (Lipinski definition) is 3. The van der Waals surface area contributed by atoms with Crippen LogP contribution in [0.2, 0.25) is 0 Å². The van der Waals surface area contributed by atoms with E-state index in [4.69, 9.17) is 9.47 Å². The lowest BCUT2D eigenvalue weighted by molar-refractivity contribution is -0.268. The third-order valence-corrected chi connectivity index (χ3v) is 9.59. The summed E-state index contributed by atoms with van der Waals surface area (Å²) in [4.78, 5) is 16.9. The zero-order chi connectivity index (χ0) is 32.6. The van der Waals surface area contributed by atoms with Gasteiger partial charge in [-0.1, -0.05) is 110 Å². The number of hydrogen-bond acceptors (Lipinski definition) is 6. The third-order valence-electron chi connectivity index (χ3n) is 8.45. The van der Waals surface area contributed by atoms with E-state index >= 15 is 0 Å². The lowest BCUT2D eigenvalue weighted by atomic mass is 9.91. The van der Waals surface area contributed by atoms with Gasteiger partial charge in [0, 0.05) is 49.8 Å². The molecule has 5 aromatic rings. The van der Waals surface area contributed by atoms with Crippen LogP contribution in [0, 0.1) is 5.92 Å². The summed E-state index contributed by atoms with van der Waals surface area (Å²) in [7, 11) is 2.00. The molecule has 1 aliphatic heterocycles. The predicted molar refractivity (Wildman–Crippen MR) is 184 cm³/mol. The molecular weight excluding hydrogens is 609 g/mol. The van der Waals surface area contributed by atoms with Crippen molar-refractivity contribution in [1.29, 1.82) is 0 Å². The fourth-order valence-corrected chi connectivity index (χ4v) is 6.80. The first-order chi connectivity index (χ1) is 23.0. The summed E-state index contributed by atoms with van der Waals surface area (Å²) in [6, 6.07) is 34.1. The van der Waals surface area contributed by atoms with E-state index in [1.54, 1.807) is 11.8 Å². The molecule has 0 bridgehead atoms. The first kappa shape index (κ1) is 32.5. The molecule has 1 aromatic heterocycles. The minimum atomic E-state index is -0.571. The van der Waals surface area contributed by atoms with Gasteiger partial charge in [-0.25, -0.2) is 9.78 Å². The maximum absolute atomic E-state index is 12.4. The molecule has 1 aliphatic rings. The van der Waals surface area contributed by atoms with Crippen molar-refractivity contribution in [2.24, 2.45) is 13.0 Å². The number of aryl methyl sites for hydroxylation is 1. The van der Waals surface area contributed by atoms with Gasteiger partial charge in [0.05, 0.1) is 18.8 Å². The second-order valence-electron chi connectivity index (χ2n) is 11.8. The van der Waals surface area contributed by atoms with E-state index in [1.807, 2.05) is 103 Å². The van der Waals surface area contributed by atoms with Crippen LogP contribution in [-0.2, 0) is 36.2 Å². The Bertz CT molecular complexity index is 1760. The molecule has 6 rings (SSSR count). The van der Waals surface area contributed by atoms with Gasteiger partial charge in [0.15, 0.2) is 11.4 Å². The lowest BCUT2D eigenvalue weighted by Crippen LogP contribution is -2.38. The number of ether oxygens (including phenoxy) is 2. The average molecular weight is 649 g/mol. The SMILES string of the molecule is C[C@@H]1[C@H](CSc2nccn2C)O[C@H](c2cccc(-c3cccc(CNC(=O)NCc4ccccc4)c3)c2)O[C@@H]1c1ccc(CO)cc1. The van der Waals surface area contributed by atoms with Crippen molar-refractivity contribution in [3.63, 3.8) is 0 Å². The second kappa shape index (κ2) is 15.5. The molecule has 4 atom stereocenters. The Hall–Kier alpha value is -4.41. The number of imidazole rings is 1. The number of aliphatic hydroxyl groups is 1. The van der Waals surface area contributed by atoms with Gasteiger partial charge in [-0.15, -0.1) is 0 Å².